The van der Waals surface area contributed by atoms with Gasteiger partial charge in [0, 0.05) is 6.04 Å². The molecule has 0 saturated carbocycles. The fourth-order valence-electron chi connectivity index (χ4n) is 2.56. The van der Waals surface area contributed by atoms with Crippen molar-refractivity contribution in [3.8, 4) is 0 Å². The van der Waals surface area contributed by atoms with Crippen LogP contribution in [0.5, 0.6) is 0 Å². The van der Waals surface area contributed by atoms with Crippen LogP contribution in [0.15, 0.2) is 24.3 Å². The fourth-order valence-corrected chi connectivity index (χ4v) is 2.56. The van der Waals surface area contributed by atoms with Gasteiger partial charge >= 0.3 is 0 Å². The Kier molecular flexibility index (Phi) is 6.42. The monoisotopic (exact) mass is 247 g/mol. The normalized spacial score (nSPS) is 18.9. The molecule has 1 heteroatoms. The highest BCUT2D eigenvalue weighted by atomic mass is 15.2. The molecule has 0 N–H and O–H groups in total. The second kappa shape index (κ2) is 7.58. The van der Waals surface area contributed by atoms with Crippen molar-refractivity contribution in [2.75, 3.05) is 13.1 Å². The van der Waals surface area contributed by atoms with E-state index < -0.39 is 0 Å². The maximum absolute atomic E-state index is 2.62. The van der Waals surface area contributed by atoms with Gasteiger partial charge in [0.15, 0.2) is 0 Å². The van der Waals surface area contributed by atoms with E-state index >= 15 is 0 Å². The van der Waals surface area contributed by atoms with E-state index in [1.54, 1.807) is 0 Å². The molecular weight excluding hydrogens is 218 g/mol. The van der Waals surface area contributed by atoms with E-state index in [-0.39, 0.29) is 0 Å². The summed E-state index contributed by atoms with van der Waals surface area (Å²) in [5.41, 5.74) is 2.84. The number of nitrogens with zero attached hydrogens (tertiary/aromatic N) is 1. The van der Waals surface area contributed by atoms with Gasteiger partial charge in [-0.1, -0.05) is 50.6 Å². The van der Waals surface area contributed by atoms with Gasteiger partial charge in [-0.25, -0.2) is 0 Å². The van der Waals surface area contributed by atoms with Gasteiger partial charge in [0.1, 0.15) is 0 Å². The Bertz CT molecular complexity index is 337. The largest absolute Gasteiger partial charge is 0.297 e. The van der Waals surface area contributed by atoms with E-state index in [1.165, 1.54) is 37.1 Å². The highest BCUT2D eigenvalue weighted by Gasteiger charge is 2.21. The summed E-state index contributed by atoms with van der Waals surface area (Å²) in [6.45, 7) is 13.4. The minimum atomic E-state index is 0.576. The lowest BCUT2D eigenvalue weighted by atomic mass is 9.96. The number of hydrogen-bond donors (Lipinski definition) is 0. The molecule has 1 nitrogen and oxygen atoms in total. The van der Waals surface area contributed by atoms with Crippen molar-refractivity contribution in [3.05, 3.63) is 35.4 Å². The van der Waals surface area contributed by atoms with Crippen LogP contribution >= 0.6 is 0 Å². The molecule has 1 aliphatic rings. The molecule has 1 aromatic carbocycles. The first-order valence-electron chi connectivity index (χ1n) is 7.47. The van der Waals surface area contributed by atoms with Crippen LogP contribution in [-0.2, 0) is 0 Å². The zero-order valence-corrected chi connectivity index (χ0v) is 12.7. The Morgan fingerprint density at radius 3 is 2.33 bits per heavy atom. The zero-order valence-electron chi connectivity index (χ0n) is 12.7. The number of rotatable bonds is 2. The lowest BCUT2D eigenvalue weighted by Gasteiger charge is -2.35. The minimum Gasteiger partial charge on any atom is -0.297 e. The van der Waals surface area contributed by atoms with Crippen LogP contribution in [0.4, 0.5) is 0 Å². The van der Waals surface area contributed by atoms with Gasteiger partial charge < -0.3 is 0 Å². The van der Waals surface area contributed by atoms with Gasteiger partial charge in [-0.05, 0) is 51.3 Å². The summed E-state index contributed by atoms with van der Waals surface area (Å²) < 4.78 is 0. The average Bonchev–Trinajstić information content (AvgIpc) is 2.41. The molecule has 1 fully saturated rings. The molecule has 102 valence electrons. The van der Waals surface area contributed by atoms with E-state index in [0.717, 1.165) is 5.92 Å². The molecule has 1 unspecified atom stereocenters. The third-order valence-electron chi connectivity index (χ3n) is 3.89. The number of hydrogen-bond acceptors (Lipinski definition) is 1. The smallest absolute Gasteiger partial charge is 0.0319 e. The molecular formula is C17H29N. The third-order valence-corrected chi connectivity index (χ3v) is 3.89. The van der Waals surface area contributed by atoms with Crippen LogP contribution < -0.4 is 0 Å². The SMILES string of the molecule is CC.Cc1cccc(C(C)N2CCC(C)CC2)c1. The first kappa shape index (κ1) is 15.2. The first-order chi connectivity index (χ1) is 8.66. The number of aryl methyl sites for hydroxylation is 1. The Labute approximate surface area is 113 Å². The maximum Gasteiger partial charge on any atom is 0.0319 e. The zero-order chi connectivity index (χ0) is 13.5. The van der Waals surface area contributed by atoms with E-state index in [2.05, 4.69) is 49.9 Å². The Morgan fingerprint density at radius 1 is 1.17 bits per heavy atom. The standard InChI is InChI=1S/C15H23N.C2H6/c1-12-7-9-16(10-8-12)14(3)15-6-4-5-13(2)11-15;1-2/h4-6,11-12,14H,7-10H2,1-3H3;1-2H3. The predicted octanol–water partition coefficient (Wildman–Crippen LogP) is 4.81. The molecule has 1 heterocycles. The molecule has 1 saturated heterocycles. The van der Waals surface area contributed by atoms with E-state index in [9.17, 15) is 0 Å². The highest BCUT2D eigenvalue weighted by molar-refractivity contribution is 5.24. The quantitative estimate of drug-likeness (QED) is 0.724. The van der Waals surface area contributed by atoms with Crippen LogP contribution in [0.1, 0.15) is 57.7 Å². The summed E-state index contributed by atoms with van der Waals surface area (Å²) in [7, 11) is 0. The first-order valence-corrected chi connectivity index (χ1v) is 7.47. The van der Waals surface area contributed by atoms with Crippen LogP contribution in [0.25, 0.3) is 0 Å². The topological polar surface area (TPSA) is 3.24 Å². The highest BCUT2D eigenvalue weighted by Crippen LogP contribution is 2.26. The van der Waals surface area contributed by atoms with Crippen molar-refractivity contribution in [3.63, 3.8) is 0 Å². The minimum absolute atomic E-state index is 0.576. The predicted molar refractivity (Wildman–Crippen MR) is 80.9 cm³/mol. The molecule has 1 aliphatic heterocycles. The fraction of sp³-hybridized carbons (Fsp3) is 0.647. The van der Waals surface area contributed by atoms with Crippen molar-refractivity contribution in [2.24, 2.45) is 5.92 Å². The number of benzene rings is 1. The summed E-state index contributed by atoms with van der Waals surface area (Å²) in [4.78, 5) is 2.62. The van der Waals surface area contributed by atoms with Gasteiger partial charge in [-0.2, -0.15) is 0 Å². The van der Waals surface area contributed by atoms with Crippen molar-refractivity contribution in [1.29, 1.82) is 0 Å². The lowest BCUT2D eigenvalue weighted by Crippen LogP contribution is -2.34. The Morgan fingerprint density at radius 2 is 1.78 bits per heavy atom. The van der Waals surface area contributed by atoms with E-state index in [4.69, 9.17) is 0 Å². The van der Waals surface area contributed by atoms with Crippen LogP contribution in [-0.4, -0.2) is 18.0 Å². The molecule has 0 aromatic heterocycles. The molecule has 0 radical (unpaired) electrons. The van der Waals surface area contributed by atoms with Gasteiger partial charge in [-0.3, -0.25) is 4.90 Å². The van der Waals surface area contributed by atoms with Crippen LogP contribution in [0.3, 0.4) is 0 Å². The summed E-state index contributed by atoms with van der Waals surface area (Å²) in [6, 6.07) is 9.51. The summed E-state index contributed by atoms with van der Waals surface area (Å²) in [5.74, 6) is 0.918. The summed E-state index contributed by atoms with van der Waals surface area (Å²) >= 11 is 0. The van der Waals surface area contributed by atoms with Gasteiger partial charge in [0.25, 0.3) is 0 Å². The van der Waals surface area contributed by atoms with Crippen molar-refractivity contribution < 1.29 is 0 Å². The molecule has 0 spiro atoms. The lowest BCUT2D eigenvalue weighted by molar-refractivity contribution is 0.147. The van der Waals surface area contributed by atoms with Crippen molar-refractivity contribution >= 4 is 0 Å². The van der Waals surface area contributed by atoms with E-state index in [0.29, 0.717) is 6.04 Å². The second-order valence-corrected chi connectivity index (χ2v) is 5.31. The average molecular weight is 247 g/mol. The molecule has 18 heavy (non-hydrogen) atoms. The second-order valence-electron chi connectivity index (χ2n) is 5.31. The number of piperidine rings is 1. The molecule has 2 rings (SSSR count). The third kappa shape index (κ3) is 4.13. The van der Waals surface area contributed by atoms with E-state index in [1.807, 2.05) is 13.8 Å². The van der Waals surface area contributed by atoms with Crippen LogP contribution in [0, 0.1) is 12.8 Å². The molecule has 1 aromatic rings. The molecule has 0 bridgehead atoms. The maximum atomic E-state index is 2.62. The Hall–Kier alpha value is -0.820. The summed E-state index contributed by atoms with van der Waals surface area (Å²) in [5, 5.41) is 0. The molecule has 1 atom stereocenters. The molecule has 0 aliphatic carbocycles. The van der Waals surface area contributed by atoms with Gasteiger partial charge in [0.2, 0.25) is 0 Å². The molecule has 0 amide bonds. The number of likely N-dealkylation sites (tertiary alicyclic amines) is 1. The van der Waals surface area contributed by atoms with Crippen LogP contribution in [0.2, 0.25) is 0 Å². The summed E-state index contributed by atoms with van der Waals surface area (Å²) in [6.07, 6.45) is 2.71. The van der Waals surface area contributed by atoms with Crippen molar-refractivity contribution in [1.82, 2.24) is 4.90 Å². The van der Waals surface area contributed by atoms with Gasteiger partial charge in [0.05, 0.1) is 0 Å². The van der Waals surface area contributed by atoms with Crippen molar-refractivity contribution in [2.45, 2.75) is 53.5 Å². The van der Waals surface area contributed by atoms with Gasteiger partial charge in [-0.15, -0.1) is 0 Å². The Balaban J connectivity index is 0.000000771.